The van der Waals surface area contributed by atoms with E-state index in [1.807, 2.05) is 0 Å². The number of carbonyl (C=O) groups excluding carboxylic acids is 1. The third-order valence-corrected chi connectivity index (χ3v) is 3.79. The lowest BCUT2D eigenvalue weighted by atomic mass is 10.1. The Morgan fingerprint density at radius 1 is 1.17 bits per heavy atom. The molecule has 2 atom stereocenters. The zero-order valence-corrected chi connectivity index (χ0v) is 11.8. The van der Waals surface area contributed by atoms with E-state index < -0.39 is 29.4 Å². The second kappa shape index (κ2) is 6.04. The molecule has 11 heteroatoms. The lowest BCUT2D eigenvalue weighted by Crippen LogP contribution is -2.58. The van der Waals surface area contributed by atoms with Crippen LogP contribution >= 0.6 is 11.8 Å². The molecule has 2 unspecified atom stereocenters. The Labute approximate surface area is 129 Å². The van der Waals surface area contributed by atoms with Gasteiger partial charge >= 0.3 is 12.5 Å². The van der Waals surface area contributed by atoms with Gasteiger partial charge in [-0.15, -0.1) is 13.2 Å². The molecule has 126 valence electrons. The van der Waals surface area contributed by atoms with Crippen LogP contribution in [0.5, 0.6) is 0 Å². The molecule has 0 spiro atoms. The first kappa shape index (κ1) is 17.6. The molecular weight excluding hydrogens is 350 g/mol. The van der Waals surface area contributed by atoms with Gasteiger partial charge in [-0.2, -0.15) is 13.2 Å². The Bertz CT molecular complexity index is 604. The topological polar surface area (TPSA) is 50.7 Å². The number of hydrogen-bond donors (Lipinski definition) is 1. The van der Waals surface area contributed by atoms with Crippen LogP contribution in [0.1, 0.15) is 0 Å². The van der Waals surface area contributed by atoms with Gasteiger partial charge in [-0.25, -0.2) is 4.99 Å². The van der Waals surface area contributed by atoms with Gasteiger partial charge in [0.1, 0.15) is 5.25 Å². The summed E-state index contributed by atoms with van der Waals surface area (Å²) in [5.74, 6) is -1.31. The minimum absolute atomic E-state index is 0.132. The van der Waals surface area contributed by atoms with Crippen LogP contribution < -0.4 is 5.32 Å². The van der Waals surface area contributed by atoms with E-state index in [0.717, 1.165) is 0 Å². The van der Waals surface area contributed by atoms with E-state index in [9.17, 15) is 31.1 Å². The molecule has 0 fully saturated rings. The van der Waals surface area contributed by atoms with Crippen LogP contribution in [0, 0.1) is 0 Å². The number of nitrogens with zero attached hydrogens (tertiary/aromatic N) is 1. The largest absolute Gasteiger partial charge is 0.525 e. The Hall–Kier alpha value is -1.75. The molecule has 0 aliphatic carbocycles. The van der Waals surface area contributed by atoms with Gasteiger partial charge in [0, 0.05) is 5.69 Å². The number of anilines is 1. The van der Waals surface area contributed by atoms with Crippen molar-refractivity contribution in [2.45, 2.75) is 23.5 Å². The second-order valence-electron chi connectivity index (χ2n) is 4.35. The Morgan fingerprint density at radius 3 is 2.30 bits per heavy atom. The average Bonchev–Trinajstić information content (AvgIpc) is 2.82. The Morgan fingerprint density at radius 2 is 1.78 bits per heavy atom. The molecule has 1 aliphatic heterocycles. The predicted octanol–water partition coefficient (Wildman–Crippen LogP) is 3.56. The van der Waals surface area contributed by atoms with Crippen molar-refractivity contribution in [2.75, 3.05) is 5.32 Å². The summed E-state index contributed by atoms with van der Waals surface area (Å²) in [4.78, 5) is 14.8. The van der Waals surface area contributed by atoms with Crippen molar-refractivity contribution >= 4 is 28.9 Å². The number of thioether (sulfide) groups is 1. The monoisotopic (exact) mass is 358 g/mol. The molecule has 2 rings (SSSR count). The lowest BCUT2D eigenvalue weighted by Gasteiger charge is -2.33. The molecule has 0 saturated heterocycles. The zero-order chi connectivity index (χ0) is 17.3. The molecule has 1 aliphatic rings. The van der Waals surface area contributed by atoms with E-state index in [0.29, 0.717) is 5.55 Å². The highest BCUT2D eigenvalue weighted by Gasteiger charge is 2.69. The van der Waals surface area contributed by atoms with E-state index in [4.69, 9.17) is 0 Å². The normalized spacial score (nSPS) is 24.7. The quantitative estimate of drug-likeness (QED) is 0.841. The molecular formula is C12H8F6N2O2S. The highest BCUT2D eigenvalue weighted by atomic mass is 32.2. The molecule has 1 N–H and O–H groups in total. The van der Waals surface area contributed by atoms with E-state index in [1.54, 1.807) is 6.07 Å². The van der Waals surface area contributed by atoms with Crippen LogP contribution in [0.3, 0.4) is 0 Å². The number of carbonyl (C=O) groups is 1. The Kier molecular flexibility index (Phi) is 4.62. The number of nitrogens with one attached hydrogen (secondary N) is 1. The van der Waals surface area contributed by atoms with Crippen LogP contribution in [0.25, 0.3) is 0 Å². The zero-order valence-electron chi connectivity index (χ0n) is 11.0. The first-order valence-corrected chi connectivity index (χ1v) is 6.88. The number of hydrogen-bond acceptors (Lipinski definition) is 4. The third-order valence-electron chi connectivity index (χ3n) is 2.75. The van der Waals surface area contributed by atoms with Crippen LogP contribution in [0.2, 0.25) is 0 Å². The standard InChI is InChI=1S/C12H8F6N2O2S/c13-11(14,15)10(22-12(16,17)18)8(23-6-19-10)9(21)20-7-4-2-1-3-5-7/h1-6,8H,(H,20,21). The fourth-order valence-electron chi connectivity index (χ4n) is 1.83. The van der Waals surface area contributed by atoms with E-state index >= 15 is 0 Å². The number of para-hydroxylation sites is 1. The van der Waals surface area contributed by atoms with Gasteiger partial charge < -0.3 is 5.32 Å². The van der Waals surface area contributed by atoms with Gasteiger partial charge in [-0.3, -0.25) is 9.53 Å². The van der Waals surface area contributed by atoms with E-state index in [1.165, 1.54) is 24.3 Å². The summed E-state index contributed by atoms with van der Waals surface area (Å²) in [6.45, 7) is 0. The summed E-state index contributed by atoms with van der Waals surface area (Å²) < 4.78 is 79.9. The van der Waals surface area contributed by atoms with Gasteiger partial charge in [-0.1, -0.05) is 30.0 Å². The fourth-order valence-corrected chi connectivity index (χ4v) is 2.78. The highest BCUT2D eigenvalue weighted by Crippen LogP contribution is 2.48. The van der Waals surface area contributed by atoms with Crippen molar-refractivity contribution in [3.05, 3.63) is 30.3 Å². The molecule has 0 aromatic heterocycles. The maximum Gasteiger partial charge on any atom is 0.525 e. The van der Waals surface area contributed by atoms with Crippen LogP contribution in [-0.4, -0.2) is 35.0 Å². The molecule has 1 heterocycles. The second-order valence-corrected chi connectivity index (χ2v) is 5.30. The Balaban J connectivity index is 2.30. The first-order valence-electron chi connectivity index (χ1n) is 5.94. The molecule has 1 aromatic rings. The van der Waals surface area contributed by atoms with Crippen molar-refractivity contribution in [3.8, 4) is 0 Å². The molecule has 0 saturated carbocycles. The number of benzene rings is 1. The minimum Gasteiger partial charge on any atom is -0.325 e. The molecule has 4 nitrogen and oxygen atoms in total. The highest BCUT2D eigenvalue weighted by molar-refractivity contribution is 8.13. The van der Waals surface area contributed by atoms with Gasteiger partial charge in [0.25, 0.3) is 5.72 Å². The maximum absolute atomic E-state index is 13.2. The summed E-state index contributed by atoms with van der Waals surface area (Å²) in [5.41, 5.74) is -3.36. The maximum atomic E-state index is 13.2. The first-order chi connectivity index (χ1) is 10.6. The number of amides is 1. The van der Waals surface area contributed by atoms with Gasteiger partial charge in [0.05, 0.1) is 5.55 Å². The molecule has 0 radical (unpaired) electrons. The van der Waals surface area contributed by atoms with Crippen LogP contribution in [0.4, 0.5) is 32.0 Å². The third kappa shape index (κ3) is 3.78. The van der Waals surface area contributed by atoms with Crippen molar-refractivity contribution in [3.63, 3.8) is 0 Å². The minimum atomic E-state index is -5.62. The average molecular weight is 358 g/mol. The van der Waals surface area contributed by atoms with Gasteiger partial charge in [0.15, 0.2) is 0 Å². The molecule has 1 amide bonds. The number of ether oxygens (including phenoxy) is 1. The van der Waals surface area contributed by atoms with Crippen molar-refractivity contribution in [1.82, 2.24) is 0 Å². The van der Waals surface area contributed by atoms with Crippen molar-refractivity contribution in [1.29, 1.82) is 0 Å². The molecule has 0 bridgehead atoms. The van der Waals surface area contributed by atoms with E-state index in [-0.39, 0.29) is 17.4 Å². The number of alkyl halides is 6. The summed E-state index contributed by atoms with van der Waals surface area (Å²) in [6, 6.07) is 7.33. The van der Waals surface area contributed by atoms with Crippen LogP contribution in [0.15, 0.2) is 35.3 Å². The van der Waals surface area contributed by atoms with Crippen molar-refractivity contribution < 1.29 is 35.9 Å². The summed E-state index contributed by atoms with van der Waals surface area (Å²) in [7, 11) is 0. The predicted molar refractivity (Wildman–Crippen MR) is 70.9 cm³/mol. The summed E-state index contributed by atoms with van der Waals surface area (Å²) in [6.07, 6.45) is -11.2. The SMILES string of the molecule is O=C(Nc1ccccc1)C1SC=NC1(OC(F)(F)F)C(F)(F)F. The van der Waals surface area contributed by atoms with Crippen LogP contribution in [-0.2, 0) is 9.53 Å². The number of halogens is 6. The summed E-state index contributed by atoms with van der Waals surface area (Å²) >= 11 is 0.196. The lowest BCUT2D eigenvalue weighted by molar-refractivity contribution is -0.410. The number of aliphatic imine (C=N–C) groups is 1. The summed E-state index contributed by atoms with van der Waals surface area (Å²) in [5, 5.41) is -0.164. The van der Waals surface area contributed by atoms with Gasteiger partial charge in [-0.05, 0) is 12.1 Å². The molecule has 1 aromatic carbocycles. The van der Waals surface area contributed by atoms with Crippen molar-refractivity contribution in [2.24, 2.45) is 4.99 Å². The smallest absolute Gasteiger partial charge is 0.325 e. The number of rotatable bonds is 3. The fraction of sp³-hybridized carbons (Fsp3) is 0.333. The van der Waals surface area contributed by atoms with Gasteiger partial charge in [0.2, 0.25) is 5.91 Å². The molecule has 23 heavy (non-hydrogen) atoms. The van der Waals surface area contributed by atoms with E-state index in [2.05, 4.69) is 15.0 Å².